The second-order valence-corrected chi connectivity index (χ2v) is 6.38. The molecular formula is C18H24ClN3O2. The third kappa shape index (κ3) is 4.36. The molecule has 6 heteroatoms. The van der Waals surface area contributed by atoms with Crippen LogP contribution in [0.3, 0.4) is 0 Å². The predicted molar refractivity (Wildman–Crippen MR) is 94.8 cm³/mol. The fourth-order valence-electron chi connectivity index (χ4n) is 2.74. The number of benzene rings is 1. The summed E-state index contributed by atoms with van der Waals surface area (Å²) in [6.07, 6.45) is 0.749. The Labute approximate surface area is 147 Å². The largest absolute Gasteiger partial charge is 0.396 e. The third-order valence-corrected chi connectivity index (χ3v) is 4.67. The van der Waals surface area contributed by atoms with Crippen LogP contribution >= 0.6 is 11.6 Å². The molecule has 1 aromatic carbocycles. The van der Waals surface area contributed by atoms with Gasteiger partial charge in [0.15, 0.2) is 0 Å². The van der Waals surface area contributed by atoms with Gasteiger partial charge in [-0.1, -0.05) is 41.9 Å². The van der Waals surface area contributed by atoms with Crippen molar-refractivity contribution in [1.29, 1.82) is 0 Å². The Bertz CT molecular complexity index is 685. The minimum Gasteiger partial charge on any atom is -0.396 e. The first-order valence-corrected chi connectivity index (χ1v) is 8.44. The van der Waals surface area contributed by atoms with Gasteiger partial charge in [0.1, 0.15) is 5.15 Å². The molecular weight excluding hydrogens is 326 g/mol. The molecule has 0 saturated carbocycles. The molecule has 5 nitrogen and oxygen atoms in total. The summed E-state index contributed by atoms with van der Waals surface area (Å²) in [5, 5.41) is 14.0. The summed E-state index contributed by atoms with van der Waals surface area (Å²) in [5.41, 5.74) is 2.59. The fraction of sp³-hybridized carbons (Fsp3) is 0.444. The summed E-state index contributed by atoms with van der Waals surface area (Å²) >= 11 is 6.25. The molecule has 24 heavy (non-hydrogen) atoms. The van der Waals surface area contributed by atoms with Crippen LogP contribution in [0, 0.1) is 6.92 Å². The molecule has 0 saturated heterocycles. The highest BCUT2D eigenvalue weighted by Gasteiger charge is 2.23. The summed E-state index contributed by atoms with van der Waals surface area (Å²) in [6, 6.07) is 9.79. The highest BCUT2D eigenvalue weighted by Crippen LogP contribution is 2.21. The summed E-state index contributed by atoms with van der Waals surface area (Å²) < 4.78 is 1.58. The Kier molecular flexibility index (Phi) is 6.40. The lowest BCUT2D eigenvalue weighted by atomic mass is 10.1. The van der Waals surface area contributed by atoms with Crippen LogP contribution < -0.4 is 0 Å². The van der Waals surface area contributed by atoms with E-state index in [2.05, 4.69) is 5.10 Å². The van der Waals surface area contributed by atoms with E-state index in [-0.39, 0.29) is 25.0 Å². The molecule has 0 aliphatic rings. The number of rotatable bonds is 7. The summed E-state index contributed by atoms with van der Waals surface area (Å²) in [7, 11) is 1.76. The van der Waals surface area contributed by atoms with Crippen molar-refractivity contribution in [2.45, 2.75) is 39.3 Å². The third-order valence-electron chi connectivity index (χ3n) is 4.19. The smallest absolute Gasteiger partial charge is 0.227 e. The van der Waals surface area contributed by atoms with E-state index in [1.165, 1.54) is 0 Å². The standard InChI is InChI=1S/C18H24ClN3O2/c1-13(9-10-23)22(12-15-7-5-4-6-8-15)17(24)11-16-14(2)20-21(3)18(16)19/h4-8,13,23H,9-12H2,1-3H3. The SMILES string of the molecule is Cc1nn(C)c(Cl)c1CC(=O)N(Cc1ccccc1)C(C)CCO. The molecule has 2 rings (SSSR count). The molecule has 1 unspecified atom stereocenters. The number of nitrogens with zero attached hydrogens (tertiary/aromatic N) is 3. The van der Waals surface area contributed by atoms with Crippen LogP contribution in [-0.4, -0.2) is 38.3 Å². The van der Waals surface area contributed by atoms with Crippen molar-refractivity contribution >= 4 is 17.5 Å². The molecule has 130 valence electrons. The van der Waals surface area contributed by atoms with Gasteiger partial charge in [0, 0.05) is 31.8 Å². The molecule has 1 N–H and O–H groups in total. The first-order valence-electron chi connectivity index (χ1n) is 8.06. The second-order valence-electron chi connectivity index (χ2n) is 6.02. The molecule has 1 heterocycles. The Hall–Kier alpha value is -1.85. The lowest BCUT2D eigenvalue weighted by Crippen LogP contribution is -2.39. The Morgan fingerprint density at radius 1 is 1.38 bits per heavy atom. The van der Waals surface area contributed by atoms with Gasteiger partial charge in [-0.25, -0.2) is 0 Å². The molecule has 0 bridgehead atoms. The van der Waals surface area contributed by atoms with E-state index in [9.17, 15) is 9.90 Å². The van der Waals surface area contributed by atoms with E-state index in [1.54, 1.807) is 16.6 Å². The van der Waals surface area contributed by atoms with E-state index in [1.807, 2.05) is 44.2 Å². The monoisotopic (exact) mass is 349 g/mol. The topological polar surface area (TPSA) is 58.4 Å². The number of amides is 1. The van der Waals surface area contributed by atoms with Crippen molar-refractivity contribution in [3.8, 4) is 0 Å². The number of aliphatic hydroxyl groups excluding tert-OH is 1. The minimum absolute atomic E-state index is 0.0159. The maximum absolute atomic E-state index is 12.9. The molecule has 1 aromatic heterocycles. The molecule has 1 amide bonds. The van der Waals surface area contributed by atoms with Crippen molar-refractivity contribution in [2.24, 2.45) is 7.05 Å². The summed E-state index contributed by atoms with van der Waals surface area (Å²) in [6.45, 7) is 4.37. The molecule has 0 spiro atoms. The zero-order valence-corrected chi connectivity index (χ0v) is 15.1. The van der Waals surface area contributed by atoms with Gasteiger partial charge in [0.25, 0.3) is 0 Å². The Balaban J connectivity index is 2.20. The van der Waals surface area contributed by atoms with E-state index in [0.717, 1.165) is 16.8 Å². The second kappa shape index (κ2) is 8.31. The molecule has 0 aliphatic carbocycles. The molecule has 0 aliphatic heterocycles. The minimum atomic E-state index is -0.0570. The van der Waals surface area contributed by atoms with Crippen molar-refractivity contribution in [1.82, 2.24) is 14.7 Å². The van der Waals surface area contributed by atoms with E-state index in [4.69, 9.17) is 11.6 Å². The maximum atomic E-state index is 12.9. The van der Waals surface area contributed by atoms with Gasteiger partial charge in [-0.15, -0.1) is 0 Å². The number of aryl methyl sites for hydroxylation is 2. The average molecular weight is 350 g/mol. The summed E-state index contributed by atoms with van der Waals surface area (Å²) in [4.78, 5) is 14.7. The predicted octanol–water partition coefficient (Wildman–Crippen LogP) is 2.72. The van der Waals surface area contributed by atoms with Gasteiger partial charge >= 0.3 is 0 Å². The molecule has 2 aromatic rings. The van der Waals surface area contributed by atoms with Crippen LogP contribution in [0.1, 0.15) is 30.2 Å². The highest BCUT2D eigenvalue weighted by molar-refractivity contribution is 6.30. The van der Waals surface area contributed by atoms with Gasteiger partial charge < -0.3 is 10.0 Å². The van der Waals surface area contributed by atoms with Gasteiger partial charge in [-0.3, -0.25) is 9.48 Å². The van der Waals surface area contributed by atoms with Crippen LogP contribution in [0.5, 0.6) is 0 Å². The number of hydrogen-bond acceptors (Lipinski definition) is 3. The van der Waals surface area contributed by atoms with E-state index in [0.29, 0.717) is 18.1 Å². The van der Waals surface area contributed by atoms with Crippen LogP contribution in [0.25, 0.3) is 0 Å². The zero-order chi connectivity index (χ0) is 17.7. The van der Waals surface area contributed by atoms with Crippen LogP contribution in [0.4, 0.5) is 0 Å². The number of aliphatic hydroxyl groups is 1. The van der Waals surface area contributed by atoms with Crippen LogP contribution in [-0.2, 0) is 24.8 Å². The van der Waals surface area contributed by atoms with Gasteiger partial charge in [0.05, 0.1) is 12.1 Å². The zero-order valence-electron chi connectivity index (χ0n) is 14.4. The number of aromatic nitrogens is 2. The van der Waals surface area contributed by atoms with Crippen molar-refractivity contribution in [3.63, 3.8) is 0 Å². The van der Waals surface area contributed by atoms with Crippen molar-refractivity contribution in [3.05, 3.63) is 52.3 Å². The Morgan fingerprint density at radius 3 is 2.58 bits per heavy atom. The summed E-state index contributed by atoms with van der Waals surface area (Å²) in [5.74, 6) is -0.0159. The lowest BCUT2D eigenvalue weighted by molar-refractivity contribution is -0.133. The van der Waals surface area contributed by atoms with Crippen LogP contribution in [0.2, 0.25) is 5.15 Å². The maximum Gasteiger partial charge on any atom is 0.227 e. The number of carbonyl (C=O) groups excluding carboxylic acids is 1. The van der Waals surface area contributed by atoms with Crippen LogP contribution in [0.15, 0.2) is 30.3 Å². The van der Waals surface area contributed by atoms with Crippen molar-refractivity contribution < 1.29 is 9.90 Å². The average Bonchev–Trinajstić information content (AvgIpc) is 2.80. The van der Waals surface area contributed by atoms with E-state index < -0.39 is 0 Å². The lowest BCUT2D eigenvalue weighted by Gasteiger charge is -2.29. The first kappa shape index (κ1) is 18.5. The molecule has 0 radical (unpaired) electrons. The highest BCUT2D eigenvalue weighted by atomic mass is 35.5. The molecule has 0 fully saturated rings. The van der Waals surface area contributed by atoms with Gasteiger partial charge in [0.2, 0.25) is 5.91 Å². The first-order chi connectivity index (χ1) is 11.4. The fourth-order valence-corrected chi connectivity index (χ4v) is 2.98. The normalized spacial score (nSPS) is 12.2. The number of carbonyl (C=O) groups is 1. The Morgan fingerprint density at radius 2 is 2.04 bits per heavy atom. The van der Waals surface area contributed by atoms with E-state index >= 15 is 0 Å². The quantitative estimate of drug-likeness (QED) is 0.836. The number of hydrogen-bond donors (Lipinski definition) is 1. The van der Waals surface area contributed by atoms with Crippen molar-refractivity contribution in [2.75, 3.05) is 6.61 Å². The molecule has 1 atom stereocenters. The number of halogens is 1. The van der Waals surface area contributed by atoms with Gasteiger partial charge in [-0.2, -0.15) is 5.10 Å². The van der Waals surface area contributed by atoms with Gasteiger partial charge in [-0.05, 0) is 25.8 Å².